The summed E-state index contributed by atoms with van der Waals surface area (Å²) in [6.45, 7) is 2.57. The lowest BCUT2D eigenvalue weighted by Gasteiger charge is -2.31. The number of nitrogens with one attached hydrogen (secondary N) is 2. The predicted octanol–water partition coefficient (Wildman–Crippen LogP) is 3.08. The van der Waals surface area contributed by atoms with Crippen molar-refractivity contribution >= 4 is 46.5 Å². The average Bonchev–Trinajstić information content (AvgIpc) is 3.34. The Bertz CT molecular complexity index is 1060. The first-order valence-electron chi connectivity index (χ1n) is 10.3. The lowest BCUT2D eigenvalue weighted by molar-refractivity contribution is -0.115. The topological polar surface area (TPSA) is 99.6 Å². The van der Waals surface area contributed by atoms with E-state index < -0.39 is 0 Å². The summed E-state index contributed by atoms with van der Waals surface area (Å²) < 4.78 is 0. The van der Waals surface area contributed by atoms with Crippen LogP contribution in [0.15, 0.2) is 46.4 Å². The number of hydrogen-bond donors (Lipinski definition) is 2. The minimum absolute atomic E-state index is 0.354. The summed E-state index contributed by atoms with van der Waals surface area (Å²) in [4.78, 5) is 39.4. The highest BCUT2D eigenvalue weighted by molar-refractivity contribution is 8.18. The van der Waals surface area contributed by atoms with E-state index in [1.54, 1.807) is 18.3 Å². The minimum atomic E-state index is -0.377. The van der Waals surface area contributed by atoms with Crippen molar-refractivity contribution in [3.63, 3.8) is 0 Å². The van der Waals surface area contributed by atoms with E-state index in [2.05, 4.69) is 43.7 Å². The van der Waals surface area contributed by atoms with E-state index in [9.17, 15) is 9.59 Å². The van der Waals surface area contributed by atoms with Crippen LogP contribution in [0.5, 0.6) is 0 Å². The molecule has 158 valence electrons. The molecule has 0 aliphatic carbocycles. The van der Waals surface area contributed by atoms with Gasteiger partial charge in [0.15, 0.2) is 0 Å². The van der Waals surface area contributed by atoms with E-state index in [0.29, 0.717) is 22.5 Å². The molecule has 2 amide bonds. The normalized spacial score (nSPS) is 21.5. The highest BCUT2D eigenvalue weighted by Gasteiger charge is 2.26. The number of benzene rings is 1. The van der Waals surface area contributed by atoms with Gasteiger partial charge in [0.25, 0.3) is 11.1 Å². The molecule has 31 heavy (non-hydrogen) atoms. The van der Waals surface area contributed by atoms with E-state index in [1.807, 2.05) is 6.07 Å². The molecule has 0 atom stereocenters. The monoisotopic (exact) mass is 434 g/mol. The van der Waals surface area contributed by atoms with E-state index in [1.165, 1.54) is 11.3 Å². The second-order valence-electron chi connectivity index (χ2n) is 7.81. The summed E-state index contributed by atoms with van der Waals surface area (Å²) in [6, 6.07) is 10.1. The molecular weight excluding hydrogens is 412 g/mol. The molecule has 3 aliphatic heterocycles. The molecule has 3 aliphatic rings. The zero-order valence-corrected chi connectivity index (χ0v) is 17.7. The smallest absolute Gasteiger partial charge is 0.290 e. The second-order valence-corrected chi connectivity index (χ2v) is 8.83. The number of thioether (sulfide) groups is 1. The number of amidine groups is 1. The fourth-order valence-corrected chi connectivity index (χ4v) is 4.64. The Morgan fingerprint density at radius 1 is 1.16 bits per heavy atom. The van der Waals surface area contributed by atoms with Crippen LogP contribution in [0.25, 0.3) is 6.08 Å². The van der Waals surface area contributed by atoms with Gasteiger partial charge < -0.3 is 10.2 Å². The van der Waals surface area contributed by atoms with Crippen LogP contribution in [0.4, 0.5) is 16.4 Å². The van der Waals surface area contributed by atoms with Crippen LogP contribution in [0.3, 0.4) is 0 Å². The average molecular weight is 435 g/mol. The molecule has 2 aromatic rings. The Morgan fingerprint density at radius 2 is 2.00 bits per heavy atom. The maximum Gasteiger partial charge on any atom is 0.290 e. The molecular formula is C22H22N6O2S. The molecule has 2 fully saturated rings. The Hall–Kier alpha value is -3.20. The number of amides is 2. The van der Waals surface area contributed by atoms with Crippen LogP contribution in [-0.2, 0) is 11.2 Å². The van der Waals surface area contributed by atoms with Gasteiger partial charge in [0, 0.05) is 37.9 Å². The van der Waals surface area contributed by atoms with Gasteiger partial charge in [0.05, 0.1) is 10.6 Å². The third-order valence-electron chi connectivity index (χ3n) is 5.68. The van der Waals surface area contributed by atoms with Gasteiger partial charge in [-0.1, -0.05) is 18.2 Å². The van der Waals surface area contributed by atoms with Gasteiger partial charge in [-0.25, -0.2) is 9.97 Å². The van der Waals surface area contributed by atoms with Crippen molar-refractivity contribution in [1.82, 2.24) is 15.3 Å². The molecule has 8 nitrogen and oxygen atoms in total. The summed E-state index contributed by atoms with van der Waals surface area (Å²) in [5.74, 6) is 1.88. The highest BCUT2D eigenvalue weighted by Crippen LogP contribution is 2.27. The Morgan fingerprint density at radius 3 is 2.77 bits per heavy atom. The quantitative estimate of drug-likeness (QED) is 0.714. The fraction of sp³-hybridized carbons (Fsp3) is 0.318. The summed E-state index contributed by atoms with van der Waals surface area (Å²) in [6.07, 6.45) is 6.27. The molecule has 5 rings (SSSR count). The van der Waals surface area contributed by atoms with Crippen molar-refractivity contribution in [3.8, 4) is 0 Å². The van der Waals surface area contributed by atoms with E-state index in [-0.39, 0.29) is 11.1 Å². The Kier molecular flexibility index (Phi) is 5.42. The molecule has 1 aromatic carbocycles. The summed E-state index contributed by atoms with van der Waals surface area (Å²) in [5.41, 5.74) is 3.10. The van der Waals surface area contributed by atoms with Crippen molar-refractivity contribution < 1.29 is 9.59 Å². The number of nitrogens with zero attached hydrogens (tertiary/aromatic N) is 4. The van der Waals surface area contributed by atoms with Gasteiger partial charge in [0.1, 0.15) is 5.84 Å². The van der Waals surface area contributed by atoms with Crippen LogP contribution in [0, 0.1) is 5.92 Å². The van der Waals surface area contributed by atoms with Gasteiger partial charge in [0.2, 0.25) is 5.95 Å². The van der Waals surface area contributed by atoms with Gasteiger partial charge in [-0.05, 0) is 54.3 Å². The van der Waals surface area contributed by atoms with Crippen molar-refractivity contribution in [2.45, 2.75) is 19.3 Å². The van der Waals surface area contributed by atoms with Crippen molar-refractivity contribution in [3.05, 3.63) is 52.7 Å². The van der Waals surface area contributed by atoms with Crippen LogP contribution < -0.4 is 15.5 Å². The number of aliphatic imine (C=N–C) groups is 1. The van der Waals surface area contributed by atoms with Crippen molar-refractivity contribution in [1.29, 1.82) is 0 Å². The van der Waals surface area contributed by atoms with Crippen LogP contribution in [0.1, 0.15) is 24.1 Å². The first-order chi connectivity index (χ1) is 15.1. The standard InChI is InChI=1S/C22H22N6O2S/c29-20-18(31-22(30)27-20)12-16-5-8-23-21(25-16)28-9-6-14(7-10-28)13-24-19-11-15-3-1-2-4-17(15)26-19/h1-5,8,12,14H,6-7,9-11,13H2,(H,24,26)(H,27,29,30)/b18-12-. The zero-order valence-electron chi connectivity index (χ0n) is 16.9. The largest absolute Gasteiger partial charge is 0.344 e. The van der Waals surface area contributed by atoms with Crippen LogP contribution in [0.2, 0.25) is 0 Å². The van der Waals surface area contributed by atoms with Crippen molar-refractivity contribution in [2.24, 2.45) is 10.9 Å². The molecule has 2 N–H and O–H groups in total. The van der Waals surface area contributed by atoms with Gasteiger partial charge in [-0.3, -0.25) is 19.9 Å². The van der Waals surface area contributed by atoms with Crippen molar-refractivity contribution in [2.75, 3.05) is 29.9 Å². The SMILES string of the molecule is O=C1NC(=O)/C(=C/c2ccnc(N3CCC(CN=C4Cc5ccccc5N4)CC3)n2)S1. The van der Waals surface area contributed by atoms with Gasteiger partial charge in [-0.15, -0.1) is 0 Å². The third-order valence-corrected chi connectivity index (χ3v) is 6.49. The first kappa shape index (κ1) is 19.7. The van der Waals surface area contributed by atoms with Crippen LogP contribution >= 0.6 is 11.8 Å². The third kappa shape index (κ3) is 4.46. The van der Waals surface area contributed by atoms with Gasteiger partial charge >= 0.3 is 0 Å². The Balaban J connectivity index is 1.17. The second kappa shape index (κ2) is 8.50. The molecule has 1 aromatic heterocycles. The number of carbonyl (C=O) groups is 2. The maximum atomic E-state index is 11.7. The molecule has 4 heterocycles. The maximum absolute atomic E-state index is 11.7. The zero-order chi connectivity index (χ0) is 21.2. The summed E-state index contributed by atoms with van der Waals surface area (Å²) >= 11 is 0.892. The lowest BCUT2D eigenvalue weighted by Crippen LogP contribution is -2.35. The summed E-state index contributed by atoms with van der Waals surface area (Å²) in [7, 11) is 0. The number of hydrogen-bond acceptors (Lipinski definition) is 7. The number of piperidine rings is 1. The van der Waals surface area contributed by atoms with Crippen LogP contribution in [-0.4, -0.2) is 46.6 Å². The predicted molar refractivity (Wildman–Crippen MR) is 122 cm³/mol. The summed E-state index contributed by atoms with van der Waals surface area (Å²) in [5, 5.41) is 5.31. The molecule has 0 bridgehead atoms. The van der Waals surface area contributed by atoms with E-state index in [4.69, 9.17) is 4.99 Å². The molecule has 0 radical (unpaired) electrons. The van der Waals surface area contributed by atoms with Gasteiger partial charge in [-0.2, -0.15) is 0 Å². The number of rotatable bonds is 4. The highest BCUT2D eigenvalue weighted by atomic mass is 32.2. The van der Waals surface area contributed by atoms with E-state index in [0.717, 1.165) is 56.5 Å². The lowest BCUT2D eigenvalue weighted by atomic mass is 9.97. The molecule has 0 saturated carbocycles. The first-order valence-corrected chi connectivity index (χ1v) is 11.2. The molecule has 0 spiro atoms. The number of aromatic nitrogens is 2. The Labute approximate surface area is 184 Å². The number of carbonyl (C=O) groups excluding carboxylic acids is 2. The molecule has 0 unspecified atom stereocenters. The molecule has 9 heteroatoms. The number of fused-ring (bicyclic) bond motifs is 1. The minimum Gasteiger partial charge on any atom is -0.344 e. The number of anilines is 2. The van der Waals surface area contributed by atoms with E-state index >= 15 is 0 Å². The number of para-hydroxylation sites is 1. The fourth-order valence-electron chi connectivity index (χ4n) is 3.98. The molecule has 2 saturated heterocycles. The number of imide groups is 1.